The van der Waals surface area contributed by atoms with Crippen LogP contribution in [0.2, 0.25) is 0 Å². The van der Waals surface area contributed by atoms with Gasteiger partial charge in [-0.3, -0.25) is 9.69 Å². The lowest BCUT2D eigenvalue weighted by atomic mass is 9.89. The minimum Gasteiger partial charge on any atom is -0.325 e. The largest absolute Gasteiger partial charge is 0.325 e. The monoisotopic (exact) mass is 294 g/mol. The van der Waals surface area contributed by atoms with Gasteiger partial charge in [-0.15, -0.1) is 0 Å². The van der Waals surface area contributed by atoms with E-state index in [0.717, 1.165) is 31.6 Å². The quantitative estimate of drug-likeness (QED) is 0.936. The van der Waals surface area contributed by atoms with Crippen LogP contribution in [0.1, 0.15) is 24.3 Å². The molecule has 3 heteroatoms. The molecule has 0 spiro atoms. The molecule has 1 N–H and O–H groups in total. The predicted molar refractivity (Wildman–Crippen MR) is 89.9 cm³/mol. The Kier molecular flexibility index (Phi) is 4.86. The molecule has 0 radical (unpaired) electrons. The summed E-state index contributed by atoms with van der Waals surface area (Å²) in [5.74, 6) is 0.707. The van der Waals surface area contributed by atoms with Crippen LogP contribution in [0.25, 0.3) is 0 Å². The highest BCUT2D eigenvalue weighted by Crippen LogP contribution is 2.27. The Balaban J connectivity index is 1.47. The van der Waals surface area contributed by atoms with E-state index in [2.05, 4.69) is 40.5 Å². The van der Waals surface area contributed by atoms with Gasteiger partial charge in [0.2, 0.25) is 5.91 Å². The van der Waals surface area contributed by atoms with E-state index in [-0.39, 0.29) is 5.91 Å². The summed E-state index contributed by atoms with van der Waals surface area (Å²) in [7, 11) is 0. The van der Waals surface area contributed by atoms with Gasteiger partial charge in [-0.05, 0) is 49.5 Å². The molecular weight excluding hydrogens is 272 g/mol. The van der Waals surface area contributed by atoms with Crippen LogP contribution < -0.4 is 5.32 Å². The van der Waals surface area contributed by atoms with Crippen molar-refractivity contribution in [1.29, 1.82) is 0 Å². The second-order valence-corrected chi connectivity index (χ2v) is 5.88. The number of nitrogens with one attached hydrogen (secondary N) is 1. The predicted octanol–water partition coefficient (Wildman–Crippen LogP) is 3.50. The minimum absolute atomic E-state index is 0.0735. The Morgan fingerprint density at radius 2 is 1.55 bits per heavy atom. The first-order valence-corrected chi connectivity index (χ1v) is 7.93. The molecule has 1 fully saturated rings. The fraction of sp³-hybridized carbons (Fsp3) is 0.316. The van der Waals surface area contributed by atoms with Gasteiger partial charge in [0.05, 0.1) is 6.54 Å². The van der Waals surface area contributed by atoms with Crippen molar-refractivity contribution < 1.29 is 4.79 Å². The number of anilines is 1. The number of nitrogens with zero attached hydrogens (tertiary/aromatic N) is 1. The summed E-state index contributed by atoms with van der Waals surface area (Å²) in [6.45, 7) is 2.46. The molecule has 0 aliphatic carbocycles. The number of benzene rings is 2. The third-order valence-corrected chi connectivity index (χ3v) is 4.28. The Bertz CT molecular complexity index is 589. The summed E-state index contributed by atoms with van der Waals surface area (Å²) < 4.78 is 0. The summed E-state index contributed by atoms with van der Waals surface area (Å²) in [5.41, 5.74) is 2.29. The van der Waals surface area contributed by atoms with Gasteiger partial charge in [-0.1, -0.05) is 48.5 Å². The van der Waals surface area contributed by atoms with Crippen LogP contribution in [0.4, 0.5) is 5.69 Å². The van der Waals surface area contributed by atoms with Crippen LogP contribution >= 0.6 is 0 Å². The first kappa shape index (κ1) is 14.8. The van der Waals surface area contributed by atoms with Gasteiger partial charge in [0.15, 0.2) is 0 Å². The average Bonchev–Trinajstić information content (AvgIpc) is 2.57. The van der Waals surface area contributed by atoms with Crippen molar-refractivity contribution in [3.8, 4) is 0 Å². The van der Waals surface area contributed by atoms with E-state index in [4.69, 9.17) is 0 Å². The molecule has 2 aromatic rings. The van der Waals surface area contributed by atoms with Crippen LogP contribution in [0.3, 0.4) is 0 Å². The van der Waals surface area contributed by atoms with Gasteiger partial charge >= 0.3 is 0 Å². The number of hydrogen-bond acceptors (Lipinski definition) is 2. The van der Waals surface area contributed by atoms with Crippen LogP contribution in [0.5, 0.6) is 0 Å². The van der Waals surface area contributed by atoms with Crippen LogP contribution in [0, 0.1) is 0 Å². The molecule has 22 heavy (non-hydrogen) atoms. The second-order valence-electron chi connectivity index (χ2n) is 5.88. The molecule has 3 nitrogen and oxygen atoms in total. The van der Waals surface area contributed by atoms with Gasteiger partial charge in [-0.25, -0.2) is 0 Å². The second kappa shape index (κ2) is 7.23. The molecule has 1 heterocycles. The highest BCUT2D eigenvalue weighted by Gasteiger charge is 2.21. The van der Waals surface area contributed by atoms with E-state index in [1.807, 2.05) is 30.3 Å². The molecule has 0 unspecified atom stereocenters. The molecule has 1 aliphatic rings. The van der Waals surface area contributed by atoms with Crippen molar-refractivity contribution in [1.82, 2.24) is 4.90 Å². The number of piperidine rings is 1. The fourth-order valence-corrected chi connectivity index (χ4v) is 3.07. The third-order valence-electron chi connectivity index (χ3n) is 4.28. The Morgan fingerprint density at radius 3 is 2.18 bits per heavy atom. The summed E-state index contributed by atoms with van der Waals surface area (Å²) >= 11 is 0. The summed E-state index contributed by atoms with van der Waals surface area (Å²) in [6, 6.07) is 20.3. The van der Waals surface area contributed by atoms with E-state index < -0.39 is 0 Å². The number of carbonyl (C=O) groups excluding carboxylic acids is 1. The van der Waals surface area contributed by atoms with Crippen molar-refractivity contribution in [2.45, 2.75) is 18.8 Å². The molecule has 0 aromatic heterocycles. The van der Waals surface area contributed by atoms with E-state index >= 15 is 0 Å². The van der Waals surface area contributed by atoms with Gasteiger partial charge < -0.3 is 5.32 Å². The number of likely N-dealkylation sites (tertiary alicyclic amines) is 1. The SMILES string of the molecule is O=C(CN1CCC(c2ccccc2)CC1)Nc1ccccc1. The number of hydrogen-bond donors (Lipinski definition) is 1. The lowest BCUT2D eigenvalue weighted by Crippen LogP contribution is -2.38. The highest BCUT2D eigenvalue weighted by atomic mass is 16.2. The van der Waals surface area contributed by atoms with E-state index in [1.165, 1.54) is 5.56 Å². The van der Waals surface area contributed by atoms with Crippen molar-refractivity contribution in [3.63, 3.8) is 0 Å². The van der Waals surface area contributed by atoms with Gasteiger partial charge in [0.1, 0.15) is 0 Å². The van der Waals surface area contributed by atoms with Gasteiger partial charge in [0.25, 0.3) is 0 Å². The topological polar surface area (TPSA) is 32.3 Å². The first-order chi connectivity index (χ1) is 10.8. The third kappa shape index (κ3) is 3.95. The normalized spacial score (nSPS) is 16.4. The van der Waals surface area contributed by atoms with Gasteiger partial charge in [-0.2, -0.15) is 0 Å². The van der Waals surface area contributed by atoms with Crippen molar-refractivity contribution >= 4 is 11.6 Å². The fourth-order valence-electron chi connectivity index (χ4n) is 3.07. The summed E-state index contributed by atoms with van der Waals surface area (Å²) in [4.78, 5) is 14.3. The van der Waals surface area contributed by atoms with E-state index in [1.54, 1.807) is 0 Å². The maximum atomic E-state index is 12.1. The molecule has 114 valence electrons. The molecule has 2 aromatic carbocycles. The molecule has 0 saturated carbocycles. The molecule has 1 saturated heterocycles. The van der Waals surface area contributed by atoms with Crippen molar-refractivity contribution in [2.75, 3.05) is 25.0 Å². The maximum absolute atomic E-state index is 12.1. The van der Waals surface area contributed by atoms with Crippen molar-refractivity contribution in [2.24, 2.45) is 0 Å². The van der Waals surface area contributed by atoms with Gasteiger partial charge in [0, 0.05) is 5.69 Å². The van der Waals surface area contributed by atoms with E-state index in [0.29, 0.717) is 12.5 Å². The lowest BCUT2D eigenvalue weighted by Gasteiger charge is -2.31. The molecule has 1 amide bonds. The number of para-hydroxylation sites is 1. The van der Waals surface area contributed by atoms with Crippen molar-refractivity contribution in [3.05, 3.63) is 66.2 Å². The Labute approximate surface area is 132 Å². The number of amides is 1. The maximum Gasteiger partial charge on any atom is 0.238 e. The van der Waals surface area contributed by atoms with Crippen LogP contribution in [-0.2, 0) is 4.79 Å². The zero-order valence-electron chi connectivity index (χ0n) is 12.7. The zero-order chi connectivity index (χ0) is 15.2. The Morgan fingerprint density at radius 1 is 0.955 bits per heavy atom. The van der Waals surface area contributed by atoms with Crippen LogP contribution in [-0.4, -0.2) is 30.4 Å². The molecular formula is C19H22N2O. The lowest BCUT2D eigenvalue weighted by molar-refractivity contribution is -0.117. The molecule has 0 bridgehead atoms. The molecule has 3 rings (SSSR count). The Hall–Kier alpha value is -2.13. The summed E-state index contributed by atoms with van der Waals surface area (Å²) in [6.07, 6.45) is 2.26. The standard InChI is InChI=1S/C19H22N2O/c22-19(20-18-9-5-2-6-10-18)15-21-13-11-17(12-14-21)16-7-3-1-4-8-16/h1-10,17H,11-15H2,(H,20,22). The molecule has 1 aliphatic heterocycles. The van der Waals surface area contributed by atoms with E-state index in [9.17, 15) is 4.79 Å². The average molecular weight is 294 g/mol. The molecule has 0 atom stereocenters. The zero-order valence-corrected chi connectivity index (χ0v) is 12.7. The minimum atomic E-state index is 0.0735. The van der Waals surface area contributed by atoms with Crippen LogP contribution in [0.15, 0.2) is 60.7 Å². The first-order valence-electron chi connectivity index (χ1n) is 7.93. The number of rotatable bonds is 4. The summed E-state index contributed by atoms with van der Waals surface area (Å²) in [5, 5.41) is 2.95. The highest BCUT2D eigenvalue weighted by molar-refractivity contribution is 5.92. The number of carbonyl (C=O) groups is 1. The smallest absolute Gasteiger partial charge is 0.238 e.